The molecule has 0 saturated carbocycles. The topological polar surface area (TPSA) is 38.8 Å². The van der Waals surface area contributed by atoms with Crippen LogP contribution in [0.2, 0.25) is 0 Å². The highest BCUT2D eigenvalue weighted by Gasteiger charge is 2.32. The van der Waals surface area contributed by atoms with Crippen LogP contribution in [0.15, 0.2) is 0 Å². The van der Waals surface area contributed by atoms with Crippen molar-refractivity contribution in [2.75, 3.05) is 32.2 Å². The molecular weight excluding hydrogens is 242 g/mol. The molecule has 0 aliphatic carbocycles. The van der Waals surface area contributed by atoms with E-state index < -0.39 is 6.10 Å². The van der Waals surface area contributed by atoms with Gasteiger partial charge in [-0.15, -0.1) is 11.6 Å². The molecule has 0 radical (unpaired) electrons. The number of carbonyl (C=O) groups excluding carboxylic acids is 1. The molecule has 2 unspecified atom stereocenters. The summed E-state index contributed by atoms with van der Waals surface area (Å²) >= 11 is 5.96. The highest BCUT2D eigenvalue weighted by atomic mass is 35.5. The molecule has 0 spiro atoms. The first-order chi connectivity index (χ1) is 8.33. The van der Waals surface area contributed by atoms with Crippen LogP contribution in [0.1, 0.15) is 25.7 Å². The molecule has 5 heteroatoms. The van der Waals surface area contributed by atoms with E-state index in [1.807, 2.05) is 4.90 Å². The van der Waals surface area contributed by atoms with Crippen LogP contribution in [0.3, 0.4) is 0 Å². The Hall–Kier alpha value is -0.320. The van der Waals surface area contributed by atoms with E-state index >= 15 is 0 Å². The first-order valence-electron chi connectivity index (χ1n) is 6.38. The van der Waals surface area contributed by atoms with Gasteiger partial charge in [0.25, 0.3) is 5.91 Å². The SMILES string of the molecule is O=C(C1COCCO1)N1CCCCCC1CCl. The Kier molecular flexibility index (Phi) is 5.07. The molecular formula is C12H20ClNO3. The number of nitrogens with zero attached hydrogens (tertiary/aromatic N) is 1. The largest absolute Gasteiger partial charge is 0.376 e. The minimum Gasteiger partial charge on any atom is -0.376 e. The first kappa shape index (κ1) is 13.1. The second-order valence-corrected chi connectivity index (χ2v) is 4.93. The van der Waals surface area contributed by atoms with Gasteiger partial charge in [0.2, 0.25) is 0 Å². The number of carbonyl (C=O) groups is 1. The average Bonchev–Trinajstić information content (AvgIpc) is 2.64. The van der Waals surface area contributed by atoms with Crippen molar-refractivity contribution in [2.24, 2.45) is 0 Å². The summed E-state index contributed by atoms with van der Waals surface area (Å²) in [6.45, 7) is 2.28. The quantitative estimate of drug-likeness (QED) is 0.706. The van der Waals surface area contributed by atoms with Crippen LogP contribution in [-0.2, 0) is 14.3 Å². The number of likely N-dealkylation sites (tertiary alicyclic amines) is 1. The van der Waals surface area contributed by atoms with Gasteiger partial charge in [0.05, 0.1) is 19.8 Å². The zero-order valence-electron chi connectivity index (χ0n) is 10.1. The van der Waals surface area contributed by atoms with E-state index in [1.165, 1.54) is 6.42 Å². The summed E-state index contributed by atoms with van der Waals surface area (Å²) in [5.74, 6) is 0.566. The van der Waals surface area contributed by atoms with Gasteiger partial charge >= 0.3 is 0 Å². The molecule has 2 rings (SSSR count). The standard InChI is InChI=1S/C12H20ClNO3/c13-8-10-4-2-1-3-5-14(10)12(15)11-9-16-6-7-17-11/h10-11H,1-9H2. The second-order valence-electron chi connectivity index (χ2n) is 4.62. The molecule has 2 fully saturated rings. The number of hydrogen-bond acceptors (Lipinski definition) is 3. The lowest BCUT2D eigenvalue weighted by Crippen LogP contribution is -2.50. The van der Waals surface area contributed by atoms with Crippen molar-refractivity contribution >= 4 is 17.5 Å². The van der Waals surface area contributed by atoms with E-state index in [-0.39, 0.29) is 11.9 Å². The molecule has 0 N–H and O–H groups in total. The summed E-state index contributed by atoms with van der Waals surface area (Å²) in [7, 11) is 0. The van der Waals surface area contributed by atoms with Crippen LogP contribution in [0.25, 0.3) is 0 Å². The molecule has 2 saturated heterocycles. The minimum absolute atomic E-state index is 0.0530. The van der Waals surface area contributed by atoms with Crippen LogP contribution in [-0.4, -0.2) is 55.2 Å². The van der Waals surface area contributed by atoms with Crippen molar-refractivity contribution in [3.8, 4) is 0 Å². The van der Waals surface area contributed by atoms with Crippen LogP contribution in [0.5, 0.6) is 0 Å². The van der Waals surface area contributed by atoms with Crippen molar-refractivity contribution in [1.82, 2.24) is 4.90 Å². The predicted molar refractivity (Wildman–Crippen MR) is 65.2 cm³/mol. The van der Waals surface area contributed by atoms with E-state index in [1.54, 1.807) is 0 Å². The van der Waals surface area contributed by atoms with Gasteiger partial charge in [-0.1, -0.05) is 12.8 Å². The van der Waals surface area contributed by atoms with Gasteiger partial charge in [-0.05, 0) is 12.8 Å². The average molecular weight is 262 g/mol. The third-order valence-electron chi connectivity index (χ3n) is 3.43. The molecule has 0 aromatic rings. The van der Waals surface area contributed by atoms with Crippen molar-refractivity contribution in [3.63, 3.8) is 0 Å². The molecule has 2 atom stereocenters. The summed E-state index contributed by atoms with van der Waals surface area (Å²) in [6.07, 6.45) is 3.98. The lowest BCUT2D eigenvalue weighted by molar-refractivity contribution is -0.159. The predicted octanol–water partition coefficient (Wildman–Crippen LogP) is 1.41. The van der Waals surface area contributed by atoms with Gasteiger partial charge < -0.3 is 14.4 Å². The van der Waals surface area contributed by atoms with Crippen LogP contribution in [0.4, 0.5) is 0 Å². The molecule has 2 aliphatic rings. The maximum Gasteiger partial charge on any atom is 0.254 e. The van der Waals surface area contributed by atoms with E-state index in [0.29, 0.717) is 25.7 Å². The highest BCUT2D eigenvalue weighted by molar-refractivity contribution is 6.18. The zero-order valence-corrected chi connectivity index (χ0v) is 10.8. The molecule has 1 amide bonds. The van der Waals surface area contributed by atoms with Gasteiger partial charge in [-0.3, -0.25) is 4.79 Å². The van der Waals surface area contributed by atoms with E-state index in [2.05, 4.69) is 0 Å². The van der Waals surface area contributed by atoms with E-state index in [9.17, 15) is 4.79 Å². The molecule has 0 aromatic carbocycles. The molecule has 98 valence electrons. The molecule has 2 aliphatic heterocycles. The van der Waals surface area contributed by atoms with Crippen LogP contribution >= 0.6 is 11.6 Å². The van der Waals surface area contributed by atoms with Crippen molar-refractivity contribution in [1.29, 1.82) is 0 Å². The normalized spacial score (nSPS) is 31.0. The second kappa shape index (κ2) is 6.57. The van der Waals surface area contributed by atoms with Gasteiger partial charge in [0.15, 0.2) is 6.10 Å². The van der Waals surface area contributed by atoms with Crippen molar-refractivity contribution < 1.29 is 14.3 Å². The molecule has 0 aromatic heterocycles. The Bertz CT molecular complexity index is 256. The fourth-order valence-electron chi connectivity index (χ4n) is 2.44. The number of halogens is 1. The maximum absolute atomic E-state index is 12.3. The van der Waals surface area contributed by atoms with Gasteiger partial charge in [0, 0.05) is 18.5 Å². The summed E-state index contributed by atoms with van der Waals surface area (Å²) in [4.78, 5) is 14.2. The van der Waals surface area contributed by atoms with Gasteiger partial charge in [-0.25, -0.2) is 0 Å². The summed E-state index contributed by atoms with van der Waals surface area (Å²) < 4.78 is 10.8. The molecule has 4 nitrogen and oxygen atoms in total. The van der Waals surface area contributed by atoms with E-state index in [0.717, 1.165) is 25.8 Å². The molecule has 2 heterocycles. The van der Waals surface area contributed by atoms with Crippen LogP contribution < -0.4 is 0 Å². The summed E-state index contributed by atoms with van der Waals surface area (Å²) in [6, 6.07) is 0.164. The summed E-state index contributed by atoms with van der Waals surface area (Å²) in [5.41, 5.74) is 0. The Balaban J connectivity index is 1.98. The Labute approximate surface area is 107 Å². The van der Waals surface area contributed by atoms with Crippen LogP contribution in [0, 0.1) is 0 Å². The monoisotopic (exact) mass is 261 g/mol. The smallest absolute Gasteiger partial charge is 0.254 e. The number of hydrogen-bond donors (Lipinski definition) is 0. The summed E-state index contributed by atoms with van der Waals surface area (Å²) in [5, 5.41) is 0. The number of ether oxygens (including phenoxy) is 2. The van der Waals surface area contributed by atoms with Gasteiger partial charge in [0.1, 0.15) is 0 Å². The number of rotatable bonds is 2. The third-order valence-corrected chi connectivity index (χ3v) is 3.79. The third kappa shape index (κ3) is 3.33. The first-order valence-corrected chi connectivity index (χ1v) is 6.92. The fourth-order valence-corrected chi connectivity index (χ4v) is 2.76. The Morgan fingerprint density at radius 2 is 2.18 bits per heavy atom. The zero-order chi connectivity index (χ0) is 12.1. The number of amides is 1. The van der Waals surface area contributed by atoms with Gasteiger partial charge in [-0.2, -0.15) is 0 Å². The Morgan fingerprint density at radius 3 is 2.88 bits per heavy atom. The minimum atomic E-state index is -0.424. The van der Waals surface area contributed by atoms with Crippen molar-refractivity contribution in [2.45, 2.75) is 37.8 Å². The lowest BCUT2D eigenvalue weighted by atomic mass is 10.1. The lowest BCUT2D eigenvalue weighted by Gasteiger charge is -2.33. The van der Waals surface area contributed by atoms with Crippen molar-refractivity contribution in [3.05, 3.63) is 0 Å². The fraction of sp³-hybridized carbons (Fsp3) is 0.917. The maximum atomic E-state index is 12.3. The van der Waals surface area contributed by atoms with E-state index in [4.69, 9.17) is 21.1 Å². The molecule has 0 bridgehead atoms. The molecule has 17 heavy (non-hydrogen) atoms. The number of alkyl halides is 1. The Morgan fingerprint density at radius 1 is 1.29 bits per heavy atom. The highest BCUT2D eigenvalue weighted by Crippen LogP contribution is 2.20.